The summed E-state index contributed by atoms with van der Waals surface area (Å²) >= 11 is 3.49. The number of nitrogens with zero attached hydrogens (tertiary/aromatic N) is 3. The van der Waals surface area contributed by atoms with Crippen molar-refractivity contribution in [3.63, 3.8) is 0 Å². The van der Waals surface area contributed by atoms with Gasteiger partial charge in [0.25, 0.3) is 0 Å². The Hall–Kier alpha value is -0.980. The summed E-state index contributed by atoms with van der Waals surface area (Å²) < 4.78 is 3.10. The number of nitrogens with one attached hydrogen (secondary N) is 1. The number of aryl methyl sites for hydroxylation is 2. The van der Waals surface area contributed by atoms with Gasteiger partial charge in [-0.2, -0.15) is 0 Å². The predicted molar refractivity (Wildman–Crippen MR) is 93.0 cm³/mol. The molecular formula is C16H25BrN4O. The van der Waals surface area contributed by atoms with E-state index < -0.39 is 0 Å². The van der Waals surface area contributed by atoms with Crippen molar-refractivity contribution in [1.29, 1.82) is 0 Å². The fourth-order valence-corrected chi connectivity index (χ4v) is 3.27. The fourth-order valence-electron chi connectivity index (χ4n) is 2.98. The number of halogens is 1. The second kappa shape index (κ2) is 7.53. The second-order valence-electron chi connectivity index (χ2n) is 5.75. The van der Waals surface area contributed by atoms with Gasteiger partial charge < -0.3 is 15.0 Å². The average molecular weight is 369 g/mol. The number of hydrogen-bond donors (Lipinski definition) is 2. The van der Waals surface area contributed by atoms with Crippen molar-refractivity contribution in [2.45, 2.75) is 58.7 Å². The SMILES string of the molecule is C.Cc1c(Br)cnc2c1ncn2CCC[C@H]1NCCC[C@@H]1O. The van der Waals surface area contributed by atoms with Gasteiger partial charge in [-0.3, -0.25) is 0 Å². The second-order valence-corrected chi connectivity index (χ2v) is 6.61. The topological polar surface area (TPSA) is 63.0 Å². The lowest BCUT2D eigenvalue weighted by atomic mass is 9.97. The Morgan fingerprint density at radius 3 is 3.05 bits per heavy atom. The Kier molecular flexibility index (Phi) is 5.94. The van der Waals surface area contributed by atoms with E-state index in [1.54, 1.807) is 0 Å². The Morgan fingerprint density at radius 2 is 2.27 bits per heavy atom. The molecule has 22 heavy (non-hydrogen) atoms. The molecular weight excluding hydrogens is 344 g/mol. The third kappa shape index (κ3) is 3.50. The van der Waals surface area contributed by atoms with Crippen molar-refractivity contribution in [2.24, 2.45) is 0 Å². The highest BCUT2D eigenvalue weighted by Crippen LogP contribution is 2.23. The van der Waals surface area contributed by atoms with E-state index in [1.807, 2.05) is 19.4 Å². The molecule has 0 aliphatic carbocycles. The monoisotopic (exact) mass is 368 g/mol. The first-order valence-corrected chi connectivity index (χ1v) is 8.33. The molecule has 2 aromatic rings. The highest BCUT2D eigenvalue weighted by molar-refractivity contribution is 9.10. The molecule has 0 radical (unpaired) electrons. The molecule has 1 aliphatic heterocycles. The molecule has 1 aliphatic rings. The Labute approximate surface area is 140 Å². The third-order valence-electron chi connectivity index (χ3n) is 4.29. The zero-order valence-corrected chi connectivity index (χ0v) is 13.8. The van der Waals surface area contributed by atoms with E-state index in [4.69, 9.17) is 0 Å². The van der Waals surface area contributed by atoms with Crippen LogP contribution in [-0.4, -0.2) is 38.3 Å². The smallest absolute Gasteiger partial charge is 0.160 e. The largest absolute Gasteiger partial charge is 0.392 e. The normalized spacial score (nSPS) is 21.8. The number of fused-ring (bicyclic) bond motifs is 1. The molecule has 2 N–H and O–H groups in total. The van der Waals surface area contributed by atoms with Crippen LogP contribution in [0.15, 0.2) is 17.0 Å². The van der Waals surface area contributed by atoms with E-state index in [0.717, 1.165) is 60.0 Å². The maximum atomic E-state index is 9.97. The number of aliphatic hydroxyl groups is 1. The Bertz CT molecular complexity index is 628. The van der Waals surface area contributed by atoms with Gasteiger partial charge in [-0.25, -0.2) is 9.97 Å². The first-order chi connectivity index (χ1) is 10.2. The van der Waals surface area contributed by atoms with Gasteiger partial charge in [0.05, 0.1) is 12.4 Å². The van der Waals surface area contributed by atoms with Gasteiger partial charge in [0, 0.05) is 23.3 Å². The average Bonchev–Trinajstić information content (AvgIpc) is 2.89. The summed E-state index contributed by atoms with van der Waals surface area (Å²) in [7, 11) is 0. The number of imidazole rings is 1. The van der Waals surface area contributed by atoms with Crippen molar-refractivity contribution in [2.75, 3.05) is 6.54 Å². The van der Waals surface area contributed by atoms with E-state index in [9.17, 15) is 5.11 Å². The fraction of sp³-hybridized carbons (Fsp3) is 0.625. The van der Waals surface area contributed by atoms with Crippen molar-refractivity contribution < 1.29 is 5.11 Å². The number of rotatable bonds is 4. The Balaban J connectivity index is 0.00000176. The van der Waals surface area contributed by atoms with E-state index in [0.29, 0.717) is 0 Å². The van der Waals surface area contributed by atoms with Gasteiger partial charge in [0.2, 0.25) is 0 Å². The summed E-state index contributed by atoms with van der Waals surface area (Å²) in [4.78, 5) is 8.94. The summed E-state index contributed by atoms with van der Waals surface area (Å²) in [6.45, 7) is 3.95. The number of aromatic nitrogens is 3. The van der Waals surface area contributed by atoms with Crippen LogP contribution in [0, 0.1) is 6.92 Å². The van der Waals surface area contributed by atoms with Crippen molar-refractivity contribution in [3.8, 4) is 0 Å². The lowest BCUT2D eigenvalue weighted by Gasteiger charge is -2.28. The van der Waals surface area contributed by atoms with Crippen LogP contribution in [0.5, 0.6) is 0 Å². The Morgan fingerprint density at radius 1 is 1.45 bits per heavy atom. The zero-order chi connectivity index (χ0) is 14.8. The summed E-state index contributed by atoms with van der Waals surface area (Å²) in [6.07, 6.45) is 7.48. The van der Waals surface area contributed by atoms with Gasteiger partial charge in [0.1, 0.15) is 5.52 Å². The third-order valence-corrected chi connectivity index (χ3v) is 5.09. The molecule has 5 nitrogen and oxygen atoms in total. The first-order valence-electron chi connectivity index (χ1n) is 7.54. The zero-order valence-electron chi connectivity index (χ0n) is 12.2. The molecule has 0 bridgehead atoms. The van der Waals surface area contributed by atoms with E-state index in [2.05, 4.69) is 35.8 Å². The molecule has 2 aromatic heterocycles. The van der Waals surface area contributed by atoms with Crippen LogP contribution >= 0.6 is 15.9 Å². The maximum absolute atomic E-state index is 9.97. The van der Waals surface area contributed by atoms with Crippen molar-refractivity contribution >= 4 is 27.1 Å². The van der Waals surface area contributed by atoms with Crippen LogP contribution in [0.4, 0.5) is 0 Å². The molecule has 122 valence electrons. The molecule has 0 saturated carbocycles. The minimum atomic E-state index is -0.199. The predicted octanol–water partition coefficient (Wildman–Crippen LogP) is 3.03. The minimum absolute atomic E-state index is 0. The highest BCUT2D eigenvalue weighted by Gasteiger charge is 2.21. The maximum Gasteiger partial charge on any atom is 0.160 e. The summed E-state index contributed by atoms with van der Waals surface area (Å²) in [5.41, 5.74) is 3.02. The van der Waals surface area contributed by atoms with E-state index in [1.165, 1.54) is 0 Å². The number of hydrogen-bond acceptors (Lipinski definition) is 4. The van der Waals surface area contributed by atoms with Crippen molar-refractivity contribution in [3.05, 3.63) is 22.6 Å². The molecule has 1 fully saturated rings. The standard InChI is InChI=1S/C15H21BrN4O.CH4/c1-10-11(16)8-18-15-14(10)19-9-20(15)7-3-4-12-13(21)5-2-6-17-12;/h8-9,12-13,17,21H,2-7H2,1H3;1H4/t12-,13+;/m1./s1. The molecule has 0 spiro atoms. The molecule has 3 heterocycles. The number of pyridine rings is 1. The van der Waals surface area contributed by atoms with E-state index in [-0.39, 0.29) is 19.6 Å². The van der Waals surface area contributed by atoms with Crippen molar-refractivity contribution in [1.82, 2.24) is 19.9 Å². The van der Waals surface area contributed by atoms with Gasteiger partial charge >= 0.3 is 0 Å². The molecule has 0 amide bonds. The van der Waals surface area contributed by atoms with Gasteiger partial charge in [0.15, 0.2) is 5.65 Å². The van der Waals surface area contributed by atoms with Crippen LogP contribution in [0.3, 0.4) is 0 Å². The van der Waals surface area contributed by atoms with Crippen LogP contribution in [0.25, 0.3) is 11.2 Å². The minimum Gasteiger partial charge on any atom is -0.392 e. The molecule has 0 unspecified atom stereocenters. The van der Waals surface area contributed by atoms with Crippen LogP contribution in [-0.2, 0) is 6.54 Å². The molecule has 2 atom stereocenters. The summed E-state index contributed by atoms with van der Waals surface area (Å²) in [5.74, 6) is 0. The highest BCUT2D eigenvalue weighted by atomic mass is 79.9. The van der Waals surface area contributed by atoms with Gasteiger partial charge in [-0.1, -0.05) is 7.43 Å². The van der Waals surface area contributed by atoms with Crippen LogP contribution < -0.4 is 5.32 Å². The molecule has 3 rings (SSSR count). The lowest BCUT2D eigenvalue weighted by Crippen LogP contribution is -2.44. The summed E-state index contributed by atoms with van der Waals surface area (Å²) in [5, 5.41) is 13.4. The lowest BCUT2D eigenvalue weighted by molar-refractivity contribution is 0.0909. The molecule has 0 aromatic carbocycles. The van der Waals surface area contributed by atoms with E-state index >= 15 is 0 Å². The number of aliphatic hydroxyl groups excluding tert-OH is 1. The molecule has 1 saturated heterocycles. The van der Waals surface area contributed by atoms with Crippen LogP contribution in [0.2, 0.25) is 0 Å². The first kappa shape index (κ1) is 17.4. The quantitative estimate of drug-likeness (QED) is 0.870. The number of piperidine rings is 1. The van der Waals surface area contributed by atoms with Crippen LogP contribution in [0.1, 0.15) is 38.7 Å². The van der Waals surface area contributed by atoms with Gasteiger partial charge in [-0.05, 0) is 60.6 Å². The summed E-state index contributed by atoms with van der Waals surface area (Å²) in [6, 6.07) is 0.234. The molecule has 6 heteroatoms. The van der Waals surface area contributed by atoms with Gasteiger partial charge in [-0.15, -0.1) is 0 Å².